The van der Waals surface area contributed by atoms with Crippen LogP contribution in [0.5, 0.6) is 0 Å². The number of hydrogen-bond acceptors (Lipinski definition) is 2. The Kier molecular flexibility index (Phi) is 4.38. The molecule has 0 saturated carbocycles. The number of amides is 1. The lowest BCUT2D eigenvalue weighted by Gasteiger charge is -2.39. The van der Waals surface area contributed by atoms with Gasteiger partial charge in [-0.3, -0.25) is 4.79 Å². The van der Waals surface area contributed by atoms with Crippen LogP contribution in [0.25, 0.3) is 0 Å². The molecule has 1 heterocycles. The zero-order valence-electron chi connectivity index (χ0n) is 11.8. The molecule has 1 aromatic carbocycles. The van der Waals surface area contributed by atoms with Crippen LogP contribution in [0, 0.1) is 17.0 Å². The van der Waals surface area contributed by atoms with E-state index < -0.39 is 17.5 Å². The lowest BCUT2D eigenvalue weighted by molar-refractivity contribution is 0.0924. The van der Waals surface area contributed by atoms with Gasteiger partial charge in [0.05, 0.1) is 5.56 Å². The van der Waals surface area contributed by atoms with Crippen LogP contribution in [0.2, 0.25) is 0 Å². The van der Waals surface area contributed by atoms with Crippen LogP contribution in [0.4, 0.5) is 8.78 Å². The van der Waals surface area contributed by atoms with Crippen LogP contribution in [0.15, 0.2) is 18.2 Å². The molecule has 3 nitrogen and oxygen atoms in total. The number of carbonyl (C=O) groups excluding carboxylic acids is 1. The molecule has 110 valence electrons. The third kappa shape index (κ3) is 3.33. The highest BCUT2D eigenvalue weighted by molar-refractivity contribution is 5.94. The Hall–Kier alpha value is -1.49. The first-order chi connectivity index (χ1) is 9.40. The Morgan fingerprint density at radius 2 is 2.20 bits per heavy atom. The summed E-state index contributed by atoms with van der Waals surface area (Å²) in [6.45, 7) is 5.59. The number of halogens is 2. The SMILES string of the molecule is CC1(C)CCCNC1CNC(=O)c1cc(F)ccc1F. The van der Waals surface area contributed by atoms with Gasteiger partial charge in [-0.1, -0.05) is 13.8 Å². The van der Waals surface area contributed by atoms with Crippen molar-refractivity contribution in [1.29, 1.82) is 0 Å². The van der Waals surface area contributed by atoms with Crippen molar-refractivity contribution in [1.82, 2.24) is 10.6 Å². The monoisotopic (exact) mass is 282 g/mol. The van der Waals surface area contributed by atoms with Gasteiger partial charge in [-0.25, -0.2) is 8.78 Å². The molecule has 1 aromatic rings. The first-order valence-electron chi connectivity index (χ1n) is 6.87. The van der Waals surface area contributed by atoms with Crippen molar-refractivity contribution in [3.05, 3.63) is 35.4 Å². The molecular weight excluding hydrogens is 262 g/mol. The summed E-state index contributed by atoms with van der Waals surface area (Å²) < 4.78 is 26.6. The average molecular weight is 282 g/mol. The molecule has 1 amide bonds. The third-order valence-corrected chi connectivity index (χ3v) is 3.97. The van der Waals surface area contributed by atoms with Gasteiger partial charge < -0.3 is 10.6 Å². The summed E-state index contributed by atoms with van der Waals surface area (Å²) in [5, 5.41) is 6.04. The predicted octanol–water partition coefficient (Wildman–Crippen LogP) is 2.47. The van der Waals surface area contributed by atoms with Crippen molar-refractivity contribution in [2.24, 2.45) is 5.41 Å². The van der Waals surface area contributed by atoms with Crippen molar-refractivity contribution in [2.45, 2.75) is 32.7 Å². The molecule has 1 aliphatic heterocycles. The van der Waals surface area contributed by atoms with Crippen molar-refractivity contribution < 1.29 is 13.6 Å². The van der Waals surface area contributed by atoms with Gasteiger partial charge in [-0.2, -0.15) is 0 Å². The standard InChI is InChI=1S/C15H20F2N2O/c1-15(2)6-3-7-18-13(15)9-19-14(20)11-8-10(16)4-5-12(11)17/h4-5,8,13,18H,3,6-7,9H2,1-2H3,(H,19,20). The van der Waals surface area contributed by atoms with Crippen LogP contribution >= 0.6 is 0 Å². The number of carbonyl (C=O) groups is 1. The summed E-state index contributed by atoms with van der Waals surface area (Å²) in [6, 6.07) is 3.02. The van der Waals surface area contributed by atoms with Gasteiger partial charge in [0, 0.05) is 12.6 Å². The minimum absolute atomic E-state index is 0.0754. The van der Waals surface area contributed by atoms with E-state index in [1.54, 1.807) is 0 Å². The molecule has 0 bridgehead atoms. The molecule has 0 aliphatic carbocycles. The van der Waals surface area contributed by atoms with Crippen molar-refractivity contribution in [3.63, 3.8) is 0 Å². The topological polar surface area (TPSA) is 41.1 Å². The van der Waals surface area contributed by atoms with Crippen LogP contribution in [0.1, 0.15) is 37.0 Å². The van der Waals surface area contributed by atoms with Gasteiger partial charge >= 0.3 is 0 Å². The first kappa shape index (κ1) is 14.9. The number of benzene rings is 1. The van der Waals surface area contributed by atoms with Gasteiger partial charge in [-0.05, 0) is 43.0 Å². The Morgan fingerprint density at radius 1 is 1.45 bits per heavy atom. The van der Waals surface area contributed by atoms with E-state index >= 15 is 0 Å². The van der Waals surface area contributed by atoms with Gasteiger partial charge in [-0.15, -0.1) is 0 Å². The zero-order valence-corrected chi connectivity index (χ0v) is 11.8. The normalized spacial score (nSPS) is 21.5. The predicted molar refractivity (Wildman–Crippen MR) is 73.5 cm³/mol. The Labute approximate surface area is 117 Å². The van der Waals surface area contributed by atoms with E-state index in [2.05, 4.69) is 24.5 Å². The molecule has 1 aliphatic rings. The number of piperidine rings is 1. The smallest absolute Gasteiger partial charge is 0.254 e. The van der Waals surface area contributed by atoms with Crippen molar-refractivity contribution in [2.75, 3.05) is 13.1 Å². The summed E-state index contributed by atoms with van der Waals surface area (Å²) in [6.07, 6.45) is 2.19. The van der Waals surface area contributed by atoms with E-state index in [1.165, 1.54) is 0 Å². The molecular formula is C15H20F2N2O. The highest BCUT2D eigenvalue weighted by Gasteiger charge is 2.32. The minimum atomic E-state index is -0.709. The highest BCUT2D eigenvalue weighted by Crippen LogP contribution is 2.29. The first-order valence-corrected chi connectivity index (χ1v) is 6.87. The summed E-state index contributed by atoms with van der Waals surface area (Å²) in [5.74, 6) is -1.90. The molecule has 1 saturated heterocycles. The second-order valence-electron chi connectivity index (χ2n) is 5.93. The van der Waals surface area contributed by atoms with Crippen molar-refractivity contribution in [3.8, 4) is 0 Å². The Bertz CT molecular complexity index is 503. The second kappa shape index (κ2) is 5.87. The highest BCUT2D eigenvalue weighted by atomic mass is 19.1. The fourth-order valence-corrected chi connectivity index (χ4v) is 2.58. The number of hydrogen-bond donors (Lipinski definition) is 2. The molecule has 2 rings (SSSR count). The third-order valence-electron chi connectivity index (χ3n) is 3.97. The van der Waals surface area contributed by atoms with Gasteiger partial charge in [0.25, 0.3) is 5.91 Å². The summed E-state index contributed by atoms with van der Waals surface area (Å²) >= 11 is 0. The van der Waals surface area contributed by atoms with E-state index in [9.17, 15) is 13.6 Å². The fraction of sp³-hybridized carbons (Fsp3) is 0.533. The molecule has 1 atom stereocenters. The van der Waals surface area contributed by atoms with Crippen LogP contribution in [0.3, 0.4) is 0 Å². The van der Waals surface area contributed by atoms with E-state index in [4.69, 9.17) is 0 Å². The maximum absolute atomic E-state index is 13.5. The second-order valence-corrected chi connectivity index (χ2v) is 5.93. The largest absolute Gasteiger partial charge is 0.350 e. The van der Waals surface area contributed by atoms with Crippen LogP contribution in [-0.2, 0) is 0 Å². The summed E-state index contributed by atoms with van der Waals surface area (Å²) in [7, 11) is 0. The maximum atomic E-state index is 13.5. The van der Waals surface area contributed by atoms with Crippen LogP contribution in [-0.4, -0.2) is 25.0 Å². The molecule has 20 heavy (non-hydrogen) atoms. The molecule has 1 fully saturated rings. The zero-order chi connectivity index (χ0) is 14.8. The number of rotatable bonds is 3. The molecule has 1 unspecified atom stereocenters. The molecule has 5 heteroatoms. The fourth-order valence-electron chi connectivity index (χ4n) is 2.58. The quantitative estimate of drug-likeness (QED) is 0.894. The van der Waals surface area contributed by atoms with Crippen LogP contribution < -0.4 is 10.6 Å². The van der Waals surface area contributed by atoms with E-state index in [-0.39, 0.29) is 17.0 Å². The average Bonchev–Trinajstić information content (AvgIpc) is 2.39. The van der Waals surface area contributed by atoms with Gasteiger partial charge in [0.1, 0.15) is 11.6 Å². The maximum Gasteiger partial charge on any atom is 0.254 e. The Morgan fingerprint density at radius 3 is 2.90 bits per heavy atom. The molecule has 2 N–H and O–H groups in total. The minimum Gasteiger partial charge on any atom is -0.350 e. The lowest BCUT2D eigenvalue weighted by atomic mass is 9.77. The van der Waals surface area contributed by atoms with E-state index in [1.807, 2.05) is 0 Å². The summed E-state index contributed by atoms with van der Waals surface area (Å²) in [5.41, 5.74) is -0.176. The van der Waals surface area contributed by atoms with Crippen molar-refractivity contribution >= 4 is 5.91 Å². The Balaban J connectivity index is 2.00. The van der Waals surface area contributed by atoms with E-state index in [0.29, 0.717) is 6.54 Å². The summed E-state index contributed by atoms with van der Waals surface area (Å²) in [4.78, 5) is 11.9. The lowest BCUT2D eigenvalue weighted by Crippen LogP contribution is -2.52. The molecule has 0 aromatic heterocycles. The molecule has 0 radical (unpaired) electrons. The van der Waals surface area contributed by atoms with Gasteiger partial charge in [0.2, 0.25) is 0 Å². The van der Waals surface area contributed by atoms with E-state index in [0.717, 1.165) is 37.6 Å². The molecule has 0 spiro atoms. The van der Waals surface area contributed by atoms with Gasteiger partial charge in [0.15, 0.2) is 0 Å². The number of nitrogens with one attached hydrogen (secondary N) is 2.